The fraction of sp³-hybridized carbons (Fsp3) is 0.789. The summed E-state index contributed by atoms with van der Waals surface area (Å²) in [7, 11) is 0. The van der Waals surface area contributed by atoms with Crippen LogP contribution in [-0.2, 0) is 28.7 Å². The summed E-state index contributed by atoms with van der Waals surface area (Å²) < 4.78 is 5.62. The molecular formula is C38H65N5O7. The van der Waals surface area contributed by atoms with Crippen LogP contribution in [0, 0.1) is 29.1 Å². The first-order valence-corrected chi connectivity index (χ1v) is 18.6. The topological polar surface area (TPSA) is 163 Å². The Hall–Kier alpha value is -3.44. The molecule has 1 saturated heterocycles. The SMILES string of the molecule is C=C[C@H]1[C@@H](C(C)C)CN(C(=O)[C@@H](NC(=O)N[C@H](C(=O)OC(C)(C)C)C(C)(C)C)C2CCCCC2)[C@@H]1C(=O)NC(CCCC)C(=O)C(=O)NCC. The van der Waals surface area contributed by atoms with Gasteiger partial charge in [-0.1, -0.05) is 79.7 Å². The van der Waals surface area contributed by atoms with Gasteiger partial charge in [-0.05, 0) is 70.1 Å². The van der Waals surface area contributed by atoms with Crippen molar-refractivity contribution in [2.45, 2.75) is 150 Å². The Balaban J connectivity index is 2.50. The van der Waals surface area contributed by atoms with Gasteiger partial charge in [0.25, 0.3) is 5.91 Å². The number of likely N-dealkylation sites (tertiary alicyclic amines) is 1. The number of rotatable bonds is 15. The van der Waals surface area contributed by atoms with Crippen LogP contribution < -0.4 is 21.3 Å². The first-order chi connectivity index (χ1) is 23.3. The van der Waals surface area contributed by atoms with E-state index >= 15 is 0 Å². The molecule has 0 radical (unpaired) electrons. The molecule has 6 atom stereocenters. The summed E-state index contributed by atoms with van der Waals surface area (Å²) in [6.45, 7) is 23.0. The minimum Gasteiger partial charge on any atom is -0.458 e. The second-order valence-corrected chi connectivity index (χ2v) is 16.4. The number of esters is 1. The van der Waals surface area contributed by atoms with E-state index in [0.29, 0.717) is 6.42 Å². The van der Waals surface area contributed by atoms with Crippen LogP contribution in [0.5, 0.6) is 0 Å². The number of amides is 5. The molecule has 12 nitrogen and oxygen atoms in total. The summed E-state index contributed by atoms with van der Waals surface area (Å²) in [5.41, 5.74) is -1.46. The standard InChI is InChI=1S/C38H65N5O7/c1-12-15-21-27(30(44)33(46)39-14-3)40-32(45)29-25(13-2)26(23(4)5)22-43(29)34(47)28(24-19-17-16-18-20-24)41-36(49)42-31(37(6,7)8)35(48)50-38(9,10)11/h13,23-29,31H,2,12,14-22H2,1,3-11H3,(H,39,46)(H,40,45)(H2,41,42,49)/t25-,26+,27?,28-,29-,31+/m0/s1. The summed E-state index contributed by atoms with van der Waals surface area (Å²) in [6, 6.07) is -4.68. The molecule has 0 aromatic heterocycles. The van der Waals surface area contributed by atoms with Gasteiger partial charge in [-0.2, -0.15) is 0 Å². The molecule has 1 aliphatic heterocycles. The molecule has 50 heavy (non-hydrogen) atoms. The van der Waals surface area contributed by atoms with E-state index in [1.54, 1.807) is 33.8 Å². The number of likely N-dealkylation sites (N-methyl/N-ethyl adjacent to an activating group) is 1. The van der Waals surface area contributed by atoms with Crippen molar-refractivity contribution < 1.29 is 33.5 Å². The Morgan fingerprint density at radius 1 is 0.920 bits per heavy atom. The van der Waals surface area contributed by atoms with Gasteiger partial charge in [0.15, 0.2) is 0 Å². The molecule has 1 heterocycles. The first-order valence-electron chi connectivity index (χ1n) is 18.6. The number of carbonyl (C=O) groups excluding carboxylic acids is 6. The fourth-order valence-electron chi connectivity index (χ4n) is 7.08. The van der Waals surface area contributed by atoms with Crippen molar-refractivity contribution >= 4 is 35.5 Å². The Morgan fingerprint density at radius 2 is 1.54 bits per heavy atom. The van der Waals surface area contributed by atoms with Gasteiger partial charge in [0, 0.05) is 19.0 Å². The van der Waals surface area contributed by atoms with Crippen LogP contribution in [0.3, 0.4) is 0 Å². The Bertz CT molecular complexity index is 1210. The van der Waals surface area contributed by atoms with Gasteiger partial charge < -0.3 is 30.9 Å². The number of hydrogen-bond acceptors (Lipinski definition) is 7. The highest BCUT2D eigenvalue weighted by atomic mass is 16.6. The lowest BCUT2D eigenvalue weighted by atomic mass is 9.82. The molecule has 4 N–H and O–H groups in total. The van der Waals surface area contributed by atoms with E-state index in [9.17, 15) is 28.8 Å². The molecule has 5 amide bonds. The van der Waals surface area contributed by atoms with Gasteiger partial charge in [0.05, 0.1) is 6.04 Å². The maximum atomic E-state index is 14.8. The molecule has 2 aliphatic rings. The molecule has 1 unspecified atom stereocenters. The van der Waals surface area contributed by atoms with Crippen molar-refractivity contribution in [2.75, 3.05) is 13.1 Å². The normalized spacial score (nSPS) is 21.8. The predicted octanol–water partition coefficient (Wildman–Crippen LogP) is 4.66. The number of hydrogen-bond donors (Lipinski definition) is 4. The summed E-state index contributed by atoms with van der Waals surface area (Å²) >= 11 is 0. The molecule has 0 spiro atoms. The Labute approximate surface area is 300 Å². The van der Waals surface area contributed by atoms with E-state index in [0.717, 1.165) is 38.5 Å². The van der Waals surface area contributed by atoms with Gasteiger partial charge in [-0.25, -0.2) is 9.59 Å². The highest BCUT2D eigenvalue weighted by Crippen LogP contribution is 2.38. The van der Waals surface area contributed by atoms with Crippen LogP contribution in [0.4, 0.5) is 4.79 Å². The van der Waals surface area contributed by atoms with E-state index in [2.05, 4.69) is 27.8 Å². The van der Waals surface area contributed by atoms with Crippen LogP contribution in [0.2, 0.25) is 0 Å². The highest BCUT2D eigenvalue weighted by molar-refractivity contribution is 6.38. The highest BCUT2D eigenvalue weighted by Gasteiger charge is 2.50. The molecule has 12 heteroatoms. The van der Waals surface area contributed by atoms with Gasteiger partial charge in [-0.15, -0.1) is 6.58 Å². The van der Waals surface area contributed by atoms with Gasteiger partial charge >= 0.3 is 12.0 Å². The van der Waals surface area contributed by atoms with Gasteiger partial charge in [0.2, 0.25) is 17.6 Å². The van der Waals surface area contributed by atoms with Crippen LogP contribution in [-0.4, -0.2) is 83.3 Å². The summed E-state index contributed by atoms with van der Waals surface area (Å²) in [4.78, 5) is 83.1. The number of unbranched alkanes of at least 4 members (excludes halogenated alkanes) is 1. The predicted molar refractivity (Wildman–Crippen MR) is 194 cm³/mol. The minimum absolute atomic E-state index is 0.0877. The summed E-state index contributed by atoms with van der Waals surface area (Å²) in [6.07, 6.45) is 7.60. The lowest BCUT2D eigenvalue weighted by molar-refractivity contribution is -0.160. The van der Waals surface area contributed by atoms with Crippen molar-refractivity contribution in [3.8, 4) is 0 Å². The summed E-state index contributed by atoms with van der Waals surface area (Å²) in [5, 5.41) is 11.1. The number of nitrogens with zero attached hydrogens (tertiary/aromatic N) is 1. The number of ether oxygens (including phenoxy) is 1. The maximum Gasteiger partial charge on any atom is 0.329 e. The number of urea groups is 1. The third kappa shape index (κ3) is 11.8. The minimum atomic E-state index is -1.05. The van der Waals surface area contributed by atoms with E-state index < -0.39 is 76.6 Å². The molecule has 0 aromatic rings. The molecule has 284 valence electrons. The third-order valence-electron chi connectivity index (χ3n) is 9.78. The van der Waals surface area contributed by atoms with E-state index in [-0.39, 0.29) is 37.3 Å². The average molecular weight is 704 g/mol. The van der Waals surface area contributed by atoms with E-state index in [1.165, 1.54) is 4.90 Å². The third-order valence-corrected chi connectivity index (χ3v) is 9.78. The molecule has 1 aliphatic carbocycles. The first kappa shape index (κ1) is 42.7. The van der Waals surface area contributed by atoms with Gasteiger partial charge in [-0.3, -0.25) is 19.2 Å². The molecular weight excluding hydrogens is 638 g/mol. The fourth-order valence-corrected chi connectivity index (χ4v) is 7.08. The molecule has 0 bridgehead atoms. The Kier molecular flexibility index (Phi) is 16.0. The largest absolute Gasteiger partial charge is 0.458 e. The molecule has 0 aromatic carbocycles. The maximum absolute atomic E-state index is 14.8. The smallest absolute Gasteiger partial charge is 0.329 e. The average Bonchev–Trinajstić information content (AvgIpc) is 3.43. The quantitative estimate of drug-likeness (QED) is 0.110. The van der Waals surface area contributed by atoms with E-state index in [4.69, 9.17) is 4.74 Å². The zero-order valence-electron chi connectivity index (χ0n) is 32.3. The van der Waals surface area contributed by atoms with Crippen molar-refractivity contribution in [2.24, 2.45) is 29.1 Å². The van der Waals surface area contributed by atoms with Crippen molar-refractivity contribution in [3.63, 3.8) is 0 Å². The number of carbonyl (C=O) groups is 6. The van der Waals surface area contributed by atoms with Crippen LogP contribution >= 0.6 is 0 Å². The number of nitrogens with one attached hydrogen (secondary N) is 4. The second-order valence-electron chi connectivity index (χ2n) is 16.4. The van der Waals surface area contributed by atoms with Crippen molar-refractivity contribution in [3.05, 3.63) is 12.7 Å². The molecule has 2 fully saturated rings. The van der Waals surface area contributed by atoms with Crippen molar-refractivity contribution in [1.29, 1.82) is 0 Å². The van der Waals surface area contributed by atoms with Crippen LogP contribution in [0.25, 0.3) is 0 Å². The molecule has 2 rings (SSSR count). The summed E-state index contributed by atoms with van der Waals surface area (Å²) in [5.74, 6) is -3.63. The molecule has 1 saturated carbocycles. The lowest BCUT2D eigenvalue weighted by Crippen LogP contribution is -2.61. The van der Waals surface area contributed by atoms with Crippen LogP contribution in [0.1, 0.15) is 121 Å². The number of Topliss-reactive ketones (excluding diaryl/α,β-unsaturated/α-hetero) is 1. The van der Waals surface area contributed by atoms with E-state index in [1.807, 2.05) is 41.5 Å². The lowest BCUT2D eigenvalue weighted by Gasteiger charge is -2.36. The van der Waals surface area contributed by atoms with Gasteiger partial charge in [0.1, 0.15) is 23.7 Å². The second kappa shape index (κ2) is 18.7. The monoisotopic (exact) mass is 703 g/mol. The zero-order chi connectivity index (χ0) is 38.0. The number of ketones is 1. The van der Waals surface area contributed by atoms with Crippen LogP contribution in [0.15, 0.2) is 12.7 Å². The zero-order valence-corrected chi connectivity index (χ0v) is 32.3. The van der Waals surface area contributed by atoms with Crippen molar-refractivity contribution in [1.82, 2.24) is 26.2 Å². The Morgan fingerprint density at radius 3 is 2.04 bits per heavy atom.